The van der Waals surface area contributed by atoms with Gasteiger partial charge in [-0.2, -0.15) is 0 Å². The van der Waals surface area contributed by atoms with Gasteiger partial charge < -0.3 is 19.6 Å². The zero-order valence-corrected chi connectivity index (χ0v) is 16.8. The number of oxazole rings is 1. The SMILES string of the molecule is CCNC(=NCc1cc(-c2ccccc2)on1)NCc1ncc(C(C)(C)C)o1. The van der Waals surface area contributed by atoms with Crippen molar-refractivity contribution in [2.75, 3.05) is 6.54 Å². The molecular formula is C21H27N5O2. The van der Waals surface area contributed by atoms with Gasteiger partial charge in [0, 0.05) is 23.6 Å². The number of nitrogens with one attached hydrogen (secondary N) is 2. The maximum atomic E-state index is 5.81. The van der Waals surface area contributed by atoms with Crippen molar-refractivity contribution in [3.63, 3.8) is 0 Å². The van der Waals surface area contributed by atoms with E-state index in [0.29, 0.717) is 24.9 Å². The molecule has 0 radical (unpaired) electrons. The van der Waals surface area contributed by atoms with Gasteiger partial charge in [-0.25, -0.2) is 9.98 Å². The highest BCUT2D eigenvalue weighted by molar-refractivity contribution is 5.79. The van der Waals surface area contributed by atoms with Crippen LogP contribution in [0.15, 0.2) is 56.5 Å². The molecule has 1 aromatic carbocycles. The smallest absolute Gasteiger partial charge is 0.213 e. The largest absolute Gasteiger partial charge is 0.443 e. The number of benzene rings is 1. The summed E-state index contributed by atoms with van der Waals surface area (Å²) >= 11 is 0. The molecule has 0 atom stereocenters. The molecule has 0 saturated carbocycles. The summed E-state index contributed by atoms with van der Waals surface area (Å²) in [6.07, 6.45) is 1.78. The molecule has 0 fully saturated rings. The standard InChI is InChI=1S/C21H27N5O2/c1-5-22-20(25-14-19-23-13-18(27-19)21(2,3)4)24-12-16-11-17(28-26-16)15-9-7-6-8-10-15/h6-11,13H,5,12,14H2,1-4H3,(H2,22,24,25). The van der Waals surface area contributed by atoms with Crippen molar-refractivity contribution in [3.8, 4) is 11.3 Å². The van der Waals surface area contributed by atoms with Gasteiger partial charge >= 0.3 is 0 Å². The van der Waals surface area contributed by atoms with Crippen molar-refractivity contribution in [3.05, 3.63) is 59.9 Å². The van der Waals surface area contributed by atoms with Crippen molar-refractivity contribution < 1.29 is 8.94 Å². The first kappa shape index (κ1) is 19.7. The van der Waals surface area contributed by atoms with E-state index < -0.39 is 0 Å². The lowest BCUT2D eigenvalue weighted by Crippen LogP contribution is -2.36. The van der Waals surface area contributed by atoms with Crippen LogP contribution in [-0.4, -0.2) is 22.6 Å². The minimum Gasteiger partial charge on any atom is -0.443 e. The molecule has 0 aliphatic carbocycles. The Kier molecular flexibility index (Phi) is 6.13. The number of guanidine groups is 1. The lowest BCUT2D eigenvalue weighted by atomic mass is 9.94. The first-order chi connectivity index (χ1) is 13.5. The molecule has 2 aromatic heterocycles. The maximum absolute atomic E-state index is 5.81. The maximum Gasteiger partial charge on any atom is 0.213 e. The van der Waals surface area contributed by atoms with Gasteiger partial charge in [0.1, 0.15) is 11.5 Å². The number of hydrogen-bond donors (Lipinski definition) is 2. The Balaban J connectivity index is 1.61. The number of rotatable bonds is 6. The Morgan fingerprint density at radius 3 is 2.61 bits per heavy atom. The Morgan fingerprint density at radius 1 is 1.14 bits per heavy atom. The molecule has 0 bridgehead atoms. The van der Waals surface area contributed by atoms with Gasteiger partial charge in [-0.15, -0.1) is 0 Å². The monoisotopic (exact) mass is 381 g/mol. The molecule has 0 unspecified atom stereocenters. The minimum atomic E-state index is -0.0623. The van der Waals surface area contributed by atoms with Crippen LogP contribution in [-0.2, 0) is 18.5 Å². The highest BCUT2D eigenvalue weighted by Gasteiger charge is 2.19. The average molecular weight is 381 g/mol. The van der Waals surface area contributed by atoms with Crippen molar-refractivity contribution in [1.29, 1.82) is 0 Å². The Labute approximate surface area is 165 Å². The van der Waals surface area contributed by atoms with Crippen LogP contribution in [0, 0.1) is 0 Å². The second kappa shape index (κ2) is 8.73. The molecule has 3 aromatic rings. The van der Waals surface area contributed by atoms with E-state index in [9.17, 15) is 0 Å². The molecule has 0 amide bonds. The highest BCUT2D eigenvalue weighted by atomic mass is 16.5. The molecule has 0 saturated heterocycles. The van der Waals surface area contributed by atoms with Crippen LogP contribution < -0.4 is 10.6 Å². The summed E-state index contributed by atoms with van der Waals surface area (Å²) in [4.78, 5) is 8.89. The van der Waals surface area contributed by atoms with E-state index in [1.165, 1.54) is 0 Å². The molecule has 0 spiro atoms. The van der Waals surface area contributed by atoms with Gasteiger partial charge in [0.2, 0.25) is 5.89 Å². The van der Waals surface area contributed by atoms with Crippen LogP contribution in [0.3, 0.4) is 0 Å². The summed E-state index contributed by atoms with van der Waals surface area (Å²) in [5, 5.41) is 10.5. The van der Waals surface area contributed by atoms with Crippen LogP contribution >= 0.6 is 0 Å². The van der Waals surface area contributed by atoms with E-state index in [1.54, 1.807) is 6.20 Å². The predicted molar refractivity (Wildman–Crippen MR) is 109 cm³/mol. The summed E-state index contributed by atoms with van der Waals surface area (Å²) in [6, 6.07) is 11.8. The van der Waals surface area contributed by atoms with Crippen LogP contribution in [0.2, 0.25) is 0 Å². The number of hydrogen-bond acceptors (Lipinski definition) is 5. The third-order valence-electron chi connectivity index (χ3n) is 4.06. The minimum absolute atomic E-state index is 0.0623. The van der Waals surface area contributed by atoms with E-state index in [4.69, 9.17) is 8.94 Å². The Bertz CT molecular complexity index is 906. The zero-order valence-electron chi connectivity index (χ0n) is 16.8. The van der Waals surface area contributed by atoms with E-state index in [0.717, 1.165) is 29.3 Å². The van der Waals surface area contributed by atoms with Crippen LogP contribution in [0.1, 0.15) is 45.0 Å². The van der Waals surface area contributed by atoms with Gasteiger partial charge in [-0.1, -0.05) is 56.3 Å². The van der Waals surface area contributed by atoms with Crippen LogP contribution in [0.4, 0.5) is 0 Å². The van der Waals surface area contributed by atoms with Gasteiger partial charge in [0.15, 0.2) is 11.7 Å². The quantitative estimate of drug-likeness (QED) is 0.498. The predicted octanol–water partition coefficient (Wildman–Crippen LogP) is 3.88. The van der Waals surface area contributed by atoms with Crippen molar-refractivity contribution in [2.45, 2.75) is 46.2 Å². The number of aromatic nitrogens is 2. The normalized spacial score (nSPS) is 12.2. The van der Waals surface area contributed by atoms with Crippen LogP contribution in [0.5, 0.6) is 0 Å². The van der Waals surface area contributed by atoms with E-state index in [2.05, 4.69) is 46.5 Å². The second-order valence-electron chi connectivity index (χ2n) is 7.47. The summed E-state index contributed by atoms with van der Waals surface area (Å²) < 4.78 is 11.2. The molecule has 0 aliphatic heterocycles. The summed E-state index contributed by atoms with van der Waals surface area (Å²) in [7, 11) is 0. The molecule has 148 valence electrons. The average Bonchev–Trinajstić information content (AvgIpc) is 3.34. The van der Waals surface area contributed by atoms with E-state index in [-0.39, 0.29) is 5.41 Å². The lowest BCUT2D eigenvalue weighted by Gasteiger charge is -2.13. The van der Waals surface area contributed by atoms with Crippen molar-refractivity contribution in [2.24, 2.45) is 4.99 Å². The van der Waals surface area contributed by atoms with Gasteiger partial charge in [0.05, 0.1) is 19.3 Å². The van der Waals surface area contributed by atoms with Crippen LogP contribution in [0.25, 0.3) is 11.3 Å². The van der Waals surface area contributed by atoms with Gasteiger partial charge in [-0.05, 0) is 6.92 Å². The molecule has 7 nitrogen and oxygen atoms in total. The molecule has 7 heteroatoms. The summed E-state index contributed by atoms with van der Waals surface area (Å²) in [6.45, 7) is 9.91. The molecule has 28 heavy (non-hydrogen) atoms. The molecular weight excluding hydrogens is 354 g/mol. The molecule has 3 rings (SSSR count). The third-order valence-corrected chi connectivity index (χ3v) is 4.06. The molecule has 2 heterocycles. The zero-order chi connectivity index (χ0) is 20.0. The van der Waals surface area contributed by atoms with Gasteiger partial charge in [0.25, 0.3) is 0 Å². The van der Waals surface area contributed by atoms with Crippen molar-refractivity contribution in [1.82, 2.24) is 20.8 Å². The fraction of sp³-hybridized carbons (Fsp3) is 0.381. The van der Waals surface area contributed by atoms with Crippen molar-refractivity contribution >= 4 is 5.96 Å². The fourth-order valence-electron chi connectivity index (χ4n) is 2.52. The first-order valence-electron chi connectivity index (χ1n) is 9.44. The highest BCUT2D eigenvalue weighted by Crippen LogP contribution is 2.22. The molecule has 0 aliphatic rings. The van der Waals surface area contributed by atoms with E-state index >= 15 is 0 Å². The Hall–Kier alpha value is -3.09. The van der Waals surface area contributed by atoms with E-state index in [1.807, 2.05) is 43.3 Å². The fourth-order valence-corrected chi connectivity index (χ4v) is 2.52. The number of nitrogens with zero attached hydrogens (tertiary/aromatic N) is 3. The third kappa shape index (κ3) is 5.22. The first-order valence-corrected chi connectivity index (χ1v) is 9.44. The topological polar surface area (TPSA) is 88.5 Å². The number of aliphatic imine (C=N–C) groups is 1. The second-order valence-corrected chi connectivity index (χ2v) is 7.47. The summed E-state index contributed by atoms with van der Waals surface area (Å²) in [5.74, 6) is 2.89. The summed E-state index contributed by atoms with van der Waals surface area (Å²) in [5.41, 5.74) is 1.70. The Morgan fingerprint density at radius 2 is 1.93 bits per heavy atom. The molecule has 2 N–H and O–H groups in total. The van der Waals surface area contributed by atoms with Gasteiger partial charge in [-0.3, -0.25) is 0 Å². The lowest BCUT2D eigenvalue weighted by molar-refractivity contribution is 0.379.